The summed E-state index contributed by atoms with van der Waals surface area (Å²) in [4.78, 5) is 36.2. The third-order valence-corrected chi connectivity index (χ3v) is 5.85. The molecule has 0 aliphatic heterocycles. The van der Waals surface area contributed by atoms with Crippen molar-refractivity contribution in [2.24, 2.45) is 0 Å². The van der Waals surface area contributed by atoms with Crippen molar-refractivity contribution in [2.45, 2.75) is 25.3 Å². The van der Waals surface area contributed by atoms with Gasteiger partial charge in [-0.3, -0.25) is 4.79 Å². The second-order valence-corrected chi connectivity index (χ2v) is 7.89. The number of fused-ring (bicyclic) bond motifs is 3. The Morgan fingerprint density at radius 2 is 1.59 bits per heavy atom. The van der Waals surface area contributed by atoms with Gasteiger partial charge in [-0.05, 0) is 40.8 Å². The van der Waals surface area contributed by atoms with E-state index >= 15 is 0 Å². The molecule has 0 saturated heterocycles. The van der Waals surface area contributed by atoms with E-state index in [2.05, 4.69) is 10.6 Å². The molecular weight excluding hydrogens is 439 g/mol. The van der Waals surface area contributed by atoms with Crippen LogP contribution >= 0.6 is 0 Å². The molecule has 0 saturated carbocycles. The first kappa shape index (κ1) is 23.0. The Morgan fingerprint density at radius 1 is 0.971 bits per heavy atom. The second kappa shape index (κ2) is 9.74. The monoisotopic (exact) mass is 462 g/mol. The van der Waals surface area contributed by atoms with Crippen LogP contribution in [-0.4, -0.2) is 35.7 Å². The van der Waals surface area contributed by atoms with Gasteiger partial charge in [-0.2, -0.15) is 0 Å². The molecule has 3 N–H and O–H groups in total. The molecule has 1 atom stereocenters. The number of ether oxygens (including phenoxy) is 1. The van der Waals surface area contributed by atoms with E-state index in [1.165, 1.54) is 12.1 Å². The van der Waals surface area contributed by atoms with Crippen LogP contribution in [0, 0.1) is 5.82 Å². The number of carboxylic acids is 1. The van der Waals surface area contributed by atoms with Crippen LogP contribution in [0.15, 0.2) is 66.7 Å². The van der Waals surface area contributed by atoms with Crippen LogP contribution in [0.3, 0.4) is 0 Å². The zero-order chi connectivity index (χ0) is 24.2. The van der Waals surface area contributed by atoms with Gasteiger partial charge in [0.05, 0.1) is 11.3 Å². The predicted molar refractivity (Wildman–Crippen MR) is 124 cm³/mol. The van der Waals surface area contributed by atoms with Gasteiger partial charge in [0.25, 0.3) is 0 Å². The number of hydrogen-bond acceptors (Lipinski definition) is 4. The van der Waals surface area contributed by atoms with E-state index < -0.39 is 35.4 Å². The Labute approximate surface area is 195 Å². The highest BCUT2D eigenvalue weighted by Crippen LogP contribution is 2.44. The SMILES string of the molecule is CC[C@@H](NC(=O)OCC1c2ccccc2-c2ccccc21)C(=O)Nc1cccc(C(=O)O)c1F. The van der Waals surface area contributed by atoms with Crippen LogP contribution in [0.25, 0.3) is 11.1 Å². The van der Waals surface area contributed by atoms with E-state index in [1.54, 1.807) is 6.92 Å². The van der Waals surface area contributed by atoms with Gasteiger partial charge in [-0.25, -0.2) is 14.0 Å². The number of nitrogens with one attached hydrogen (secondary N) is 2. The zero-order valence-electron chi connectivity index (χ0n) is 18.4. The highest BCUT2D eigenvalue weighted by atomic mass is 19.1. The number of carbonyl (C=O) groups is 3. The normalized spacial score (nSPS) is 12.9. The molecule has 7 nitrogen and oxygen atoms in total. The van der Waals surface area contributed by atoms with Gasteiger partial charge < -0.3 is 20.5 Å². The standard InChI is InChI=1S/C26H23FN2O5/c1-2-21(24(30)28-22-13-7-12-19(23(22)27)25(31)32)29-26(33)34-14-20-17-10-5-3-8-15(17)16-9-4-6-11-18(16)20/h3-13,20-21H,2,14H2,1H3,(H,28,30)(H,29,33)(H,31,32)/t21-/m1/s1. The lowest BCUT2D eigenvalue weighted by atomic mass is 9.98. The average molecular weight is 462 g/mol. The van der Waals surface area contributed by atoms with Gasteiger partial charge in [0.15, 0.2) is 5.82 Å². The lowest BCUT2D eigenvalue weighted by Crippen LogP contribution is -2.44. The van der Waals surface area contributed by atoms with Crippen molar-refractivity contribution in [3.63, 3.8) is 0 Å². The number of carboxylic acid groups (broad SMARTS) is 1. The molecule has 0 fully saturated rings. The van der Waals surface area contributed by atoms with E-state index in [9.17, 15) is 18.8 Å². The van der Waals surface area contributed by atoms with Gasteiger partial charge in [0.1, 0.15) is 12.6 Å². The summed E-state index contributed by atoms with van der Waals surface area (Å²) in [6.45, 7) is 1.77. The predicted octanol–water partition coefficient (Wildman–Crippen LogP) is 4.78. The molecule has 4 rings (SSSR count). The average Bonchev–Trinajstić information content (AvgIpc) is 3.16. The van der Waals surface area contributed by atoms with Crippen LogP contribution in [0.4, 0.5) is 14.9 Å². The molecule has 3 aromatic rings. The highest BCUT2D eigenvalue weighted by molar-refractivity contribution is 5.98. The summed E-state index contributed by atoms with van der Waals surface area (Å²) in [5.41, 5.74) is 3.49. The van der Waals surface area contributed by atoms with Crippen LogP contribution in [0.1, 0.15) is 40.7 Å². The maximum Gasteiger partial charge on any atom is 0.407 e. The lowest BCUT2D eigenvalue weighted by molar-refractivity contribution is -0.118. The van der Waals surface area contributed by atoms with Crippen molar-refractivity contribution in [3.8, 4) is 11.1 Å². The first-order valence-electron chi connectivity index (χ1n) is 10.8. The molecule has 0 aromatic heterocycles. The fraction of sp³-hybridized carbons (Fsp3) is 0.192. The minimum atomic E-state index is -1.45. The molecule has 0 unspecified atom stereocenters. The summed E-state index contributed by atoms with van der Waals surface area (Å²) in [6, 6.07) is 18.5. The van der Waals surface area contributed by atoms with Gasteiger partial charge in [0, 0.05) is 5.92 Å². The number of carbonyl (C=O) groups excluding carboxylic acids is 2. The fourth-order valence-corrected chi connectivity index (χ4v) is 4.15. The number of amides is 2. The van der Waals surface area contributed by atoms with E-state index in [1.807, 2.05) is 48.5 Å². The van der Waals surface area contributed by atoms with Crippen molar-refractivity contribution in [1.29, 1.82) is 0 Å². The minimum Gasteiger partial charge on any atom is -0.478 e. The summed E-state index contributed by atoms with van der Waals surface area (Å²) in [5, 5.41) is 13.9. The number of anilines is 1. The number of benzene rings is 3. The van der Waals surface area contributed by atoms with Crippen molar-refractivity contribution in [1.82, 2.24) is 5.32 Å². The molecule has 2 amide bonds. The van der Waals surface area contributed by atoms with Crippen LogP contribution < -0.4 is 10.6 Å². The Bertz CT molecular complexity index is 1210. The smallest absolute Gasteiger partial charge is 0.407 e. The summed E-state index contributed by atoms with van der Waals surface area (Å²) in [7, 11) is 0. The largest absolute Gasteiger partial charge is 0.478 e. The topological polar surface area (TPSA) is 105 Å². The first-order valence-corrected chi connectivity index (χ1v) is 10.8. The summed E-state index contributed by atoms with van der Waals surface area (Å²) in [6.07, 6.45) is -0.556. The van der Waals surface area contributed by atoms with Gasteiger partial charge in [-0.1, -0.05) is 61.5 Å². The Kier molecular flexibility index (Phi) is 6.58. The molecule has 8 heteroatoms. The van der Waals surface area contributed by atoms with E-state index in [4.69, 9.17) is 9.84 Å². The van der Waals surface area contributed by atoms with Crippen molar-refractivity contribution >= 4 is 23.7 Å². The van der Waals surface area contributed by atoms with Crippen LogP contribution in [0.2, 0.25) is 0 Å². The number of halogens is 1. The van der Waals surface area contributed by atoms with Gasteiger partial charge in [-0.15, -0.1) is 0 Å². The van der Waals surface area contributed by atoms with Crippen LogP contribution in [-0.2, 0) is 9.53 Å². The minimum absolute atomic E-state index is 0.0905. The molecular formula is C26H23FN2O5. The molecule has 1 aliphatic carbocycles. The maximum absolute atomic E-state index is 14.3. The van der Waals surface area contributed by atoms with E-state index in [-0.39, 0.29) is 24.6 Å². The summed E-state index contributed by atoms with van der Waals surface area (Å²) in [5.74, 6) is -3.31. The van der Waals surface area contributed by atoms with E-state index in [0.29, 0.717) is 0 Å². The number of alkyl carbamates (subject to hydrolysis) is 1. The van der Waals surface area contributed by atoms with Crippen molar-refractivity contribution in [3.05, 3.63) is 89.2 Å². The molecule has 0 radical (unpaired) electrons. The molecule has 0 spiro atoms. The van der Waals surface area contributed by atoms with Gasteiger partial charge >= 0.3 is 12.1 Å². The summed E-state index contributed by atoms with van der Waals surface area (Å²) < 4.78 is 19.8. The second-order valence-electron chi connectivity index (χ2n) is 7.89. The fourth-order valence-electron chi connectivity index (χ4n) is 4.15. The van der Waals surface area contributed by atoms with Gasteiger partial charge in [0.2, 0.25) is 5.91 Å². The molecule has 3 aromatic carbocycles. The lowest BCUT2D eigenvalue weighted by Gasteiger charge is -2.19. The third-order valence-electron chi connectivity index (χ3n) is 5.85. The first-order chi connectivity index (χ1) is 16.4. The van der Waals surface area contributed by atoms with Crippen LogP contribution in [0.5, 0.6) is 0 Å². The zero-order valence-corrected chi connectivity index (χ0v) is 18.4. The number of rotatable bonds is 7. The third kappa shape index (κ3) is 4.47. The molecule has 1 aliphatic rings. The molecule has 0 heterocycles. The molecule has 0 bridgehead atoms. The number of aromatic carboxylic acids is 1. The molecule has 174 valence electrons. The summed E-state index contributed by atoms with van der Waals surface area (Å²) >= 11 is 0. The highest BCUT2D eigenvalue weighted by Gasteiger charge is 2.29. The Hall–Kier alpha value is -4.20. The quantitative estimate of drug-likeness (QED) is 0.469. The van der Waals surface area contributed by atoms with Crippen molar-refractivity contribution in [2.75, 3.05) is 11.9 Å². The van der Waals surface area contributed by atoms with Crippen molar-refractivity contribution < 1.29 is 28.6 Å². The van der Waals surface area contributed by atoms with E-state index in [0.717, 1.165) is 28.3 Å². The number of hydrogen-bond donors (Lipinski definition) is 3. The molecule has 34 heavy (non-hydrogen) atoms. The maximum atomic E-state index is 14.3. The Morgan fingerprint density at radius 3 is 2.18 bits per heavy atom. The Balaban J connectivity index is 1.40.